The fourth-order valence-corrected chi connectivity index (χ4v) is 4.03. The topological polar surface area (TPSA) is 79.2 Å². The van der Waals surface area contributed by atoms with E-state index in [2.05, 4.69) is 4.99 Å². The molecule has 1 heterocycles. The monoisotopic (exact) mass is 444 g/mol. The maximum atomic E-state index is 12.8. The number of likely N-dealkylation sites (N-methyl/N-ethyl adjacent to an activating group) is 1. The molecule has 0 bridgehead atoms. The van der Waals surface area contributed by atoms with Crippen molar-refractivity contribution in [3.05, 3.63) is 100 Å². The Hall–Kier alpha value is -3.84. The average molecular weight is 445 g/mol. The summed E-state index contributed by atoms with van der Waals surface area (Å²) in [6.07, 6.45) is 1.81. The van der Waals surface area contributed by atoms with Gasteiger partial charge in [-0.25, -0.2) is 9.79 Å². The molecule has 7 heteroatoms. The summed E-state index contributed by atoms with van der Waals surface area (Å²) in [6, 6.07) is 23.7. The molecule has 6 nitrogen and oxygen atoms in total. The number of carbonyl (C=O) groups excluding carboxylic acids is 1. The number of amidine groups is 1. The number of ether oxygens (including phenoxy) is 1. The van der Waals surface area contributed by atoms with Gasteiger partial charge in [-0.15, -0.1) is 0 Å². The Labute approximate surface area is 189 Å². The number of nitrogens with zero attached hydrogens (tertiary/aromatic N) is 2. The van der Waals surface area contributed by atoms with E-state index in [1.807, 2.05) is 54.6 Å². The zero-order chi connectivity index (χ0) is 22.5. The van der Waals surface area contributed by atoms with Gasteiger partial charge in [0.05, 0.1) is 16.2 Å². The lowest BCUT2D eigenvalue weighted by molar-refractivity contribution is -0.121. The quantitative estimate of drug-likeness (QED) is 0.529. The van der Waals surface area contributed by atoms with E-state index in [1.165, 1.54) is 28.8 Å². The Bertz CT molecular complexity index is 1200. The first kappa shape index (κ1) is 21.4. The molecule has 1 saturated heterocycles. The standard InChI is InChI=1S/C25H20N2O4S/c1-27-23(28)22(32-25(27)26-20-13-11-18(12-14-20)24(29)30)15-19-9-5-6-10-21(19)31-16-17-7-3-2-4-8-17/h2-15H,16H2,1H3,(H,29,30)/b22-15-,26-25?. The molecule has 32 heavy (non-hydrogen) atoms. The molecule has 0 spiro atoms. The summed E-state index contributed by atoms with van der Waals surface area (Å²) in [5.74, 6) is -0.464. The number of rotatable bonds is 6. The van der Waals surface area contributed by atoms with Gasteiger partial charge < -0.3 is 9.84 Å². The van der Waals surface area contributed by atoms with Crippen LogP contribution in [0.2, 0.25) is 0 Å². The number of hydrogen-bond acceptors (Lipinski definition) is 5. The first-order valence-corrected chi connectivity index (χ1v) is 10.7. The molecule has 160 valence electrons. The molecule has 0 unspecified atom stereocenters. The number of aliphatic imine (C=N–C) groups is 1. The predicted molar refractivity (Wildman–Crippen MR) is 126 cm³/mol. The van der Waals surface area contributed by atoms with Gasteiger partial charge in [-0.05, 0) is 53.7 Å². The lowest BCUT2D eigenvalue weighted by atomic mass is 10.2. The fourth-order valence-electron chi connectivity index (χ4n) is 3.05. The number of carboxylic acid groups (broad SMARTS) is 1. The second-order valence-corrected chi connectivity index (χ2v) is 8.04. The molecular weight excluding hydrogens is 424 g/mol. The van der Waals surface area contributed by atoms with E-state index in [0.29, 0.717) is 28.1 Å². The van der Waals surface area contributed by atoms with Gasteiger partial charge in [-0.3, -0.25) is 9.69 Å². The van der Waals surface area contributed by atoms with Crippen LogP contribution < -0.4 is 4.74 Å². The molecule has 0 atom stereocenters. The van der Waals surface area contributed by atoms with E-state index in [4.69, 9.17) is 9.84 Å². The lowest BCUT2D eigenvalue weighted by Crippen LogP contribution is -2.23. The normalized spacial score (nSPS) is 16.0. The van der Waals surface area contributed by atoms with Crippen molar-refractivity contribution in [2.24, 2.45) is 4.99 Å². The fraction of sp³-hybridized carbons (Fsp3) is 0.0800. The van der Waals surface area contributed by atoms with E-state index >= 15 is 0 Å². The van der Waals surface area contributed by atoms with Crippen LogP contribution in [0.4, 0.5) is 5.69 Å². The second-order valence-electron chi connectivity index (χ2n) is 7.03. The van der Waals surface area contributed by atoms with Crippen LogP contribution in [0.3, 0.4) is 0 Å². The molecule has 0 aromatic heterocycles. The molecule has 1 aliphatic rings. The zero-order valence-corrected chi connectivity index (χ0v) is 18.1. The van der Waals surface area contributed by atoms with Crippen LogP contribution in [0.15, 0.2) is 88.8 Å². The Kier molecular flexibility index (Phi) is 6.37. The molecular formula is C25H20N2O4S. The number of aromatic carboxylic acids is 1. The van der Waals surface area contributed by atoms with Gasteiger partial charge in [0.15, 0.2) is 5.17 Å². The number of hydrogen-bond donors (Lipinski definition) is 1. The van der Waals surface area contributed by atoms with Crippen LogP contribution in [0, 0.1) is 0 Å². The summed E-state index contributed by atoms with van der Waals surface area (Å²) in [5.41, 5.74) is 2.62. The number of amides is 1. The van der Waals surface area contributed by atoms with Crippen LogP contribution in [-0.4, -0.2) is 34.1 Å². The molecule has 3 aromatic carbocycles. The van der Waals surface area contributed by atoms with Crippen molar-refractivity contribution in [1.29, 1.82) is 0 Å². The molecule has 0 radical (unpaired) electrons. The van der Waals surface area contributed by atoms with Gasteiger partial charge in [-0.2, -0.15) is 0 Å². The molecule has 1 amide bonds. The van der Waals surface area contributed by atoms with Crippen molar-refractivity contribution in [2.45, 2.75) is 6.61 Å². The smallest absolute Gasteiger partial charge is 0.335 e. The molecule has 0 aliphatic carbocycles. The molecule has 0 saturated carbocycles. The highest BCUT2D eigenvalue weighted by Crippen LogP contribution is 2.34. The summed E-state index contributed by atoms with van der Waals surface area (Å²) in [4.78, 5) is 30.3. The van der Waals surface area contributed by atoms with E-state index in [9.17, 15) is 9.59 Å². The minimum atomic E-state index is -0.995. The average Bonchev–Trinajstić information content (AvgIpc) is 3.07. The van der Waals surface area contributed by atoms with Gasteiger partial charge in [0, 0.05) is 12.6 Å². The minimum Gasteiger partial charge on any atom is -0.488 e. The van der Waals surface area contributed by atoms with Crippen molar-refractivity contribution < 1.29 is 19.4 Å². The minimum absolute atomic E-state index is 0.159. The van der Waals surface area contributed by atoms with Crippen LogP contribution in [0.5, 0.6) is 5.75 Å². The van der Waals surface area contributed by atoms with E-state index in [0.717, 1.165) is 11.1 Å². The molecule has 4 rings (SSSR count). The Morgan fingerprint density at radius 2 is 1.72 bits per heavy atom. The Balaban J connectivity index is 1.54. The van der Waals surface area contributed by atoms with Crippen LogP contribution in [0.1, 0.15) is 21.5 Å². The first-order chi connectivity index (χ1) is 15.5. The van der Waals surface area contributed by atoms with E-state index < -0.39 is 5.97 Å². The van der Waals surface area contributed by atoms with Gasteiger partial charge in [0.2, 0.25) is 0 Å². The third-order valence-electron chi connectivity index (χ3n) is 4.79. The SMILES string of the molecule is CN1C(=O)/C(=C/c2ccccc2OCc2ccccc2)SC1=Nc1ccc(C(=O)O)cc1. The number of para-hydroxylation sites is 1. The van der Waals surface area contributed by atoms with Gasteiger partial charge in [0.1, 0.15) is 12.4 Å². The van der Waals surface area contributed by atoms with E-state index in [1.54, 1.807) is 25.3 Å². The number of carbonyl (C=O) groups is 2. The van der Waals surface area contributed by atoms with E-state index in [-0.39, 0.29) is 11.5 Å². The zero-order valence-electron chi connectivity index (χ0n) is 17.3. The van der Waals surface area contributed by atoms with Crippen LogP contribution in [-0.2, 0) is 11.4 Å². The second kappa shape index (κ2) is 9.53. The maximum Gasteiger partial charge on any atom is 0.335 e. The predicted octanol–water partition coefficient (Wildman–Crippen LogP) is 5.20. The first-order valence-electron chi connectivity index (χ1n) is 9.86. The summed E-state index contributed by atoms with van der Waals surface area (Å²) < 4.78 is 5.99. The van der Waals surface area contributed by atoms with Gasteiger partial charge in [0.25, 0.3) is 5.91 Å². The maximum absolute atomic E-state index is 12.8. The van der Waals surface area contributed by atoms with Crippen molar-refractivity contribution in [2.75, 3.05) is 7.05 Å². The van der Waals surface area contributed by atoms with Crippen LogP contribution in [0.25, 0.3) is 6.08 Å². The lowest BCUT2D eigenvalue weighted by Gasteiger charge is -2.09. The van der Waals surface area contributed by atoms with Crippen molar-refractivity contribution in [1.82, 2.24) is 4.90 Å². The molecule has 1 N–H and O–H groups in total. The highest BCUT2D eigenvalue weighted by atomic mass is 32.2. The highest BCUT2D eigenvalue weighted by Gasteiger charge is 2.30. The molecule has 1 fully saturated rings. The summed E-state index contributed by atoms with van der Waals surface area (Å²) >= 11 is 1.27. The Morgan fingerprint density at radius 1 is 1.03 bits per heavy atom. The third kappa shape index (κ3) is 4.90. The van der Waals surface area contributed by atoms with Crippen molar-refractivity contribution in [3.63, 3.8) is 0 Å². The number of benzene rings is 3. The summed E-state index contributed by atoms with van der Waals surface area (Å²) in [5, 5.41) is 9.55. The highest BCUT2D eigenvalue weighted by molar-refractivity contribution is 8.18. The van der Waals surface area contributed by atoms with Gasteiger partial charge in [-0.1, -0.05) is 48.5 Å². The third-order valence-corrected chi connectivity index (χ3v) is 5.85. The van der Waals surface area contributed by atoms with Crippen molar-refractivity contribution in [3.8, 4) is 5.75 Å². The molecule has 3 aromatic rings. The number of carboxylic acids is 1. The Morgan fingerprint density at radius 3 is 2.44 bits per heavy atom. The van der Waals surface area contributed by atoms with Crippen LogP contribution >= 0.6 is 11.8 Å². The number of thioether (sulfide) groups is 1. The largest absolute Gasteiger partial charge is 0.488 e. The van der Waals surface area contributed by atoms with Gasteiger partial charge >= 0.3 is 5.97 Å². The summed E-state index contributed by atoms with van der Waals surface area (Å²) in [7, 11) is 1.67. The molecule has 1 aliphatic heterocycles. The van der Waals surface area contributed by atoms with Crippen molar-refractivity contribution >= 4 is 40.6 Å². The summed E-state index contributed by atoms with van der Waals surface area (Å²) in [6.45, 7) is 0.432.